The second kappa shape index (κ2) is 5.09. The topological polar surface area (TPSA) is 43.4 Å². The van der Waals surface area contributed by atoms with Crippen LogP contribution in [0.1, 0.15) is 5.69 Å². The van der Waals surface area contributed by atoms with E-state index in [1.165, 1.54) is 0 Å². The van der Waals surface area contributed by atoms with Gasteiger partial charge in [-0.05, 0) is 19.1 Å². The smallest absolute Gasteiger partial charge is 0.0981 e. The van der Waals surface area contributed by atoms with E-state index in [1.807, 2.05) is 19.1 Å². The molecule has 1 unspecified atom stereocenters. The molecule has 82 valence electrons. The van der Waals surface area contributed by atoms with Crippen molar-refractivity contribution in [1.82, 2.24) is 4.98 Å². The molecule has 0 spiro atoms. The van der Waals surface area contributed by atoms with E-state index in [9.17, 15) is 0 Å². The summed E-state index contributed by atoms with van der Waals surface area (Å²) < 4.78 is 10.8. The van der Waals surface area contributed by atoms with Crippen molar-refractivity contribution in [2.24, 2.45) is 0 Å². The first-order valence-electron chi connectivity index (χ1n) is 5.20. The number of pyridine rings is 1. The van der Waals surface area contributed by atoms with Crippen molar-refractivity contribution in [3.05, 3.63) is 24.0 Å². The summed E-state index contributed by atoms with van der Waals surface area (Å²) in [4.78, 5) is 4.14. The average molecular weight is 208 g/mol. The summed E-state index contributed by atoms with van der Waals surface area (Å²) in [6.45, 7) is 4.85. The molecule has 1 aromatic heterocycles. The maximum atomic E-state index is 5.53. The van der Waals surface area contributed by atoms with Gasteiger partial charge in [0.1, 0.15) is 0 Å². The van der Waals surface area contributed by atoms with Gasteiger partial charge in [0.25, 0.3) is 0 Å². The normalized spacial score (nSPS) is 21.3. The van der Waals surface area contributed by atoms with Crippen molar-refractivity contribution in [3.63, 3.8) is 0 Å². The zero-order valence-corrected chi connectivity index (χ0v) is 8.90. The molecule has 15 heavy (non-hydrogen) atoms. The van der Waals surface area contributed by atoms with E-state index in [2.05, 4.69) is 10.3 Å². The summed E-state index contributed by atoms with van der Waals surface area (Å²) in [5.74, 6) is 0. The van der Waals surface area contributed by atoms with E-state index >= 15 is 0 Å². The number of nitrogens with zero attached hydrogens (tertiary/aromatic N) is 1. The van der Waals surface area contributed by atoms with Crippen LogP contribution in [0.25, 0.3) is 0 Å². The number of nitrogens with one attached hydrogen (secondary N) is 1. The first kappa shape index (κ1) is 10.4. The fraction of sp³-hybridized carbons (Fsp3) is 0.545. The van der Waals surface area contributed by atoms with Crippen LogP contribution in [0.5, 0.6) is 0 Å². The Morgan fingerprint density at radius 2 is 2.47 bits per heavy atom. The highest BCUT2D eigenvalue weighted by atomic mass is 16.6. The number of hydrogen-bond donors (Lipinski definition) is 1. The molecule has 1 fully saturated rings. The predicted octanol–water partition coefficient (Wildman–Crippen LogP) is 1.22. The molecule has 1 aliphatic heterocycles. The molecule has 0 aliphatic carbocycles. The van der Waals surface area contributed by atoms with E-state index < -0.39 is 0 Å². The Hall–Kier alpha value is -1.13. The van der Waals surface area contributed by atoms with Crippen LogP contribution in [0.15, 0.2) is 18.3 Å². The average Bonchev–Trinajstić information content (AvgIpc) is 2.28. The molecule has 1 aromatic rings. The highest BCUT2D eigenvalue weighted by Gasteiger charge is 2.13. The minimum absolute atomic E-state index is 0.159. The van der Waals surface area contributed by atoms with Gasteiger partial charge >= 0.3 is 0 Å². The SMILES string of the molecule is Cc1cc(NCC2COCCO2)ccn1. The summed E-state index contributed by atoms with van der Waals surface area (Å²) in [7, 11) is 0. The van der Waals surface area contributed by atoms with E-state index in [0.29, 0.717) is 19.8 Å². The second-order valence-corrected chi connectivity index (χ2v) is 3.63. The Bertz CT molecular complexity index is 311. The summed E-state index contributed by atoms with van der Waals surface area (Å²) in [6.07, 6.45) is 1.96. The number of aromatic nitrogens is 1. The predicted molar refractivity (Wildman–Crippen MR) is 58.0 cm³/mol. The number of ether oxygens (including phenoxy) is 2. The lowest BCUT2D eigenvalue weighted by molar-refractivity contribution is -0.0818. The molecule has 0 aromatic carbocycles. The van der Waals surface area contributed by atoms with E-state index in [4.69, 9.17) is 9.47 Å². The number of aryl methyl sites for hydroxylation is 1. The van der Waals surface area contributed by atoms with Crippen LogP contribution >= 0.6 is 0 Å². The molecule has 0 amide bonds. The lowest BCUT2D eigenvalue weighted by atomic mass is 10.3. The highest BCUT2D eigenvalue weighted by molar-refractivity contribution is 5.42. The highest BCUT2D eigenvalue weighted by Crippen LogP contribution is 2.08. The molecule has 1 atom stereocenters. The number of rotatable bonds is 3. The third-order valence-corrected chi connectivity index (χ3v) is 2.32. The first-order valence-corrected chi connectivity index (χ1v) is 5.20. The molecule has 1 N–H and O–H groups in total. The van der Waals surface area contributed by atoms with Crippen molar-refractivity contribution in [2.45, 2.75) is 13.0 Å². The molecule has 1 saturated heterocycles. The lowest BCUT2D eigenvalue weighted by Crippen LogP contribution is -2.34. The van der Waals surface area contributed by atoms with Gasteiger partial charge in [-0.15, -0.1) is 0 Å². The molecule has 4 heteroatoms. The third-order valence-electron chi connectivity index (χ3n) is 2.32. The van der Waals surface area contributed by atoms with Crippen molar-refractivity contribution in [2.75, 3.05) is 31.7 Å². The van der Waals surface area contributed by atoms with Crippen LogP contribution in [0.3, 0.4) is 0 Å². The zero-order chi connectivity index (χ0) is 10.5. The second-order valence-electron chi connectivity index (χ2n) is 3.63. The molecule has 1 aliphatic rings. The fourth-order valence-electron chi connectivity index (χ4n) is 1.54. The Labute approximate surface area is 89.6 Å². The molecule has 2 rings (SSSR count). The van der Waals surface area contributed by atoms with Crippen LogP contribution in [0.4, 0.5) is 5.69 Å². The van der Waals surface area contributed by atoms with Gasteiger partial charge in [-0.25, -0.2) is 0 Å². The molecule has 0 saturated carbocycles. The minimum Gasteiger partial charge on any atom is -0.382 e. The number of anilines is 1. The van der Waals surface area contributed by atoms with Gasteiger partial charge in [0, 0.05) is 24.1 Å². The van der Waals surface area contributed by atoms with Gasteiger partial charge < -0.3 is 14.8 Å². The Morgan fingerprint density at radius 1 is 1.53 bits per heavy atom. The van der Waals surface area contributed by atoms with E-state index in [1.54, 1.807) is 6.20 Å². The quantitative estimate of drug-likeness (QED) is 0.811. The van der Waals surface area contributed by atoms with Gasteiger partial charge in [0.15, 0.2) is 0 Å². The summed E-state index contributed by atoms with van der Waals surface area (Å²) >= 11 is 0. The van der Waals surface area contributed by atoms with Crippen molar-refractivity contribution < 1.29 is 9.47 Å². The Kier molecular flexibility index (Phi) is 3.53. The van der Waals surface area contributed by atoms with E-state index in [0.717, 1.165) is 17.9 Å². The van der Waals surface area contributed by atoms with Crippen LogP contribution in [-0.2, 0) is 9.47 Å². The zero-order valence-electron chi connectivity index (χ0n) is 8.90. The monoisotopic (exact) mass is 208 g/mol. The molecular weight excluding hydrogens is 192 g/mol. The van der Waals surface area contributed by atoms with Gasteiger partial charge in [0.2, 0.25) is 0 Å². The maximum absolute atomic E-state index is 5.53. The maximum Gasteiger partial charge on any atom is 0.0981 e. The van der Waals surface area contributed by atoms with Crippen molar-refractivity contribution in [1.29, 1.82) is 0 Å². The van der Waals surface area contributed by atoms with Crippen LogP contribution in [-0.4, -0.2) is 37.5 Å². The van der Waals surface area contributed by atoms with Gasteiger partial charge in [-0.2, -0.15) is 0 Å². The summed E-state index contributed by atoms with van der Waals surface area (Å²) in [6, 6.07) is 3.97. The first-order chi connectivity index (χ1) is 7.34. The largest absolute Gasteiger partial charge is 0.382 e. The fourth-order valence-corrected chi connectivity index (χ4v) is 1.54. The molecule has 2 heterocycles. The molecular formula is C11H16N2O2. The van der Waals surface area contributed by atoms with Gasteiger partial charge in [-0.3, -0.25) is 4.98 Å². The number of hydrogen-bond acceptors (Lipinski definition) is 4. The summed E-state index contributed by atoms with van der Waals surface area (Å²) in [5, 5.41) is 3.31. The Morgan fingerprint density at radius 3 is 3.20 bits per heavy atom. The van der Waals surface area contributed by atoms with Gasteiger partial charge in [0.05, 0.1) is 25.9 Å². The van der Waals surface area contributed by atoms with Crippen molar-refractivity contribution in [3.8, 4) is 0 Å². The molecule has 0 bridgehead atoms. The minimum atomic E-state index is 0.159. The molecule has 4 nitrogen and oxygen atoms in total. The Balaban J connectivity index is 1.81. The summed E-state index contributed by atoms with van der Waals surface area (Å²) in [5.41, 5.74) is 2.09. The standard InChI is InChI=1S/C11H16N2O2/c1-9-6-10(2-3-12-9)13-7-11-8-14-4-5-15-11/h2-3,6,11H,4-5,7-8H2,1H3,(H,12,13). The van der Waals surface area contributed by atoms with Crippen LogP contribution in [0, 0.1) is 6.92 Å². The van der Waals surface area contributed by atoms with Crippen molar-refractivity contribution >= 4 is 5.69 Å². The van der Waals surface area contributed by atoms with Crippen LogP contribution in [0.2, 0.25) is 0 Å². The van der Waals surface area contributed by atoms with Gasteiger partial charge in [-0.1, -0.05) is 0 Å². The molecule has 0 radical (unpaired) electrons. The third kappa shape index (κ3) is 3.18. The lowest BCUT2D eigenvalue weighted by Gasteiger charge is -2.23. The van der Waals surface area contributed by atoms with Crippen LogP contribution < -0.4 is 5.32 Å². The van der Waals surface area contributed by atoms with E-state index in [-0.39, 0.29) is 6.10 Å².